The van der Waals surface area contributed by atoms with Crippen LogP contribution in [0.1, 0.15) is 5.56 Å². The van der Waals surface area contributed by atoms with E-state index in [0.717, 1.165) is 21.2 Å². The van der Waals surface area contributed by atoms with Crippen molar-refractivity contribution in [1.29, 1.82) is 0 Å². The number of anilines is 1. The number of aromatic nitrogens is 3. The predicted molar refractivity (Wildman–Crippen MR) is 105 cm³/mol. The number of hydrogen-bond donors (Lipinski definition) is 2. The van der Waals surface area contributed by atoms with Crippen molar-refractivity contribution >= 4 is 29.2 Å². The molecule has 0 amide bonds. The highest BCUT2D eigenvalue weighted by Crippen LogP contribution is 2.27. The van der Waals surface area contributed by atoms with Crippen LogP contribution in [0, 0.1) is 0 Å². The molecule has 0 atom stereocenters. The zero-order valence-electron chi connectivity index (χ0n) is 13.8. The minimum Gasteiger partial charge on any atom is -0.422 e. The molecular formula is C20H16N4OS. The number of hydrogen-bond acceptors (Lipinski definition) is 6. The van der Waals surface area contributed by atoms with Gasteiger partial charge in [-0.2, -0.15) is 4.98 Å². The number of ether oxygens (including phenoxy) is 1. The maximum atomic E-state index is 5.87. The Morgan fingerprint density at radius 2 is 1.81 bits per heavy atom. The topological polar surface area (TPSA) is 59.9 Å². The Hall–Kier alpha value is -3.12. The van der Waals surface area contributed by atoms with Crippen molar-refractivity contribution in [3.63, 3.8) is 0 Å². The average Bonchev–Trinajstić information content (AvgIpc) is 2.68. The molecule has 6 heteroatoms. The molecule has 4 aromatic rings. The van der Waals surface area contributed by atoms with Gasteiger partial charge in [0.25, 0.3) is 0 Å². The molecule has 0 radical (unpaired) electrons. The van der Waals surface area contributed by atoms with Gasteiger partial charge in [-0.1, -0.05) is 42.5 Å². The molecule has 0 aliphatic carbocycles. The predicted octanol–water partition coefficient (Wildman–Crippen LogP) is 4.72. The van der Waals surface area contributed by atoms with E-state index < -0.39 is 0 Å². The lowest BCUT2D eigenvalue weighted by Gasteiger charge is -2.10. The van der Waals surface area contributed by atoms with E-state index in [4.69, 9.17) is 4.74 Å². The largest absolute Gasteiger partial charge is 0.422 e. The van der Waals surface area contributed by atoms with Crippen LogP contribution in [0.2, 0.25) is 0 Å². The maximum absolute atomic E-state index is 5.87. The van der Waals surface area contributed by atoms with Crippen LogP contribution in [0.3, 0.4) is 0 Å². The van der Waals surface area contributed by atoms with Crippen LogP contribution >= 0.6 is 12.6 Å². The van der Waals surface area contributed by atoms with Crippen molar-refractivity contribution in [2.24, 2.45) is 0 Å². The smallest absolute Gasteiger partial charge is 0.323 e. The normalized spacial score (nSPS) is 10.7. The van der Waals surface area contributed by atoms with Crippen molar-refractivity contribution in [2.45, 2.75) is 11.4 Å². The van der Waals surface area contributed by atoms with Gasteiger partial charge in [-0.25, -0.2) is 4.98 Å². The highest BCUT2D eigenvalue weighted by Gasteiger charge is 2.07. The van der Waals surface area contributed by atoms with Crippen molar-refractivity contribution in [2.75, 3.05) is 5.32 Å². The van der Waals surface area contributed by atoms with Gasteiger partial charge >= 0.3 is 6.01 Å². The van der Waals surface area contributed by atoms with Gasteiger partial charge in [0.2, 0.25) is 0 Å². The number of benzene rings is 2. The fraction of sp³-hybridized carbons (Fsp3) is 0.0500. The van der Waals surface area contributed by atoms with E-state index in [2.05, 4.69) is 32.9 Å². The third kappa shape index (κ3) is 3.60. The first-order chi connectivity index (χ1) is 12.8. The molecule has 0 aliphatic rings. The van der Waals surface area contributed by atoms with Gasteiger partial charge in [-0.15, -0.1) is 12.6 Å². The third-order valence-corrected chi connectivity index (χ3v) is 4.35. The average molecular weight is 360 g/mol. The van der Waals surface area contributed by atoms with Gasteiger partial charge < -0.3 is 10.1 Å². The molecule has 0 unspecified atom stereocenters. The number of nitrogens with zero attached hydrogens (tertiary/aromatic N) is 3. The third-order valence-electron chi connectivity index (χ3n) is 3.92. The van der Waals surface area contributed by atoms with Crippen molar-refractivity contribution in [3.05, 3.63) is 78.8 Å². The second-order valence-corrected chi connectivity index (χ2v) is 6.15. The van der Waals surface area contributed by atoms with E-state index in [1.165, 1.54) is 0 Å². The first-order valence-corrected chi connectivity index (χ1v) is 8.59. The zero-order valence-corrected chi connectivity index (χ0v) is 14.7. The van der Waals surface area contributed by atoms with Crippen LogP contribution in [0.25, 0.3) is 10.8 Å². The molecule has 0 aliphatic heterocycles. The van der Waals surface area contributed by atoms with Crippen LogP contribution < -0.4 is 10.1 Å². The van der Waals surface area contributed by atoms with Crippen LogP contribution in [0.4, 0.5) is 5.82 Å². The summed E-state index contributed by atoms with van der Waals surface area (Å²) >= 11 is 4.46. The zero-order chi connectivity index (χ0) is 17.8. The van der Waals surface area contributed by atoms with Gasteiger partial charge in [-0.05, 0) is 17.7 Å². The lowest BCUT2D eigenvalue weighted by molar-refractivity contribution is 0.445. The first kappa shape index (κ1) is 16.4. The number of fused-ring (bicyclic) bond motifs is 1. The second kappa shape index (κ2) is 7.41. The fourth-order valence-electron chi connectivity index (χ4n) is 2.60. The van der Waals surface area contributed by atoms with E-state index in [1.54, 1.807) is 24.7 Å². The summed E-state index contributed by atoms with van der Waals surface area (Å²) in [6.45, 7) is 0.617. The molecule has 0 saturated carbocycles. The van der Waals surface area contributed by atoms with Gasteiger partial charge in [0.15, 0.2) is 5.75 Å². The maximum Gasteiger partial charge on any atom is 0.323 e. The highest BCUT2D eigenvalue weighted by atomic mass is 32.1. The summed E-state index contributed by atoms with van der Waals surface area (Å²) in [7, 11) is 0. The molecule has 2 aromatic carbocycles. The summed E-state index contributed by atoms with van der Waals surface area (Å²) in [6, 6.07) is 17.9. The van der Waals surface area contributed by atoms with Gasteiger partial charge in [0, 0.05) is 34.6 Å². The molecule has 128 valence electrons. The molecule has 5 nitrogen and oxygen atoms in total. The molecule has 0 bridgehead atoms. The van der Waals surface area contributed by atoms with Crippen LogP contribution in [0.5, 0.6) is 11.8 Å². The summed E-state index contributed by atoms with van der Waals surface area (Å²) in [5.74, 6) is 1.31. The summed E-state index contributed by atoms with van der Waals surface area (Å²) < 4.78 is 5.87. The minimum atomic E-state index is 0.271. The van der Waals surface area contributed by atoms with Gasteiger partial charge in [-0.3, -0.25) is 4.98 Å². The Morgan fingerprint density at radius 1 is 0.962 bits per heavy atom. The first-order valence-electron chi connectivity index (χ1n) is 8.14. The fourth-order valence-corrected chi connectivity index (χ4v) is 2.84. The summed E-state index contributed by atoms with van der Waals surface area (Å²) in [6.07, 6.45) is 5.13. The Labute approximate surface area is 156 Å². The molecule has 0 fully saturated rings. The van der Waals surface area contributed by atoms with Crippen LogP contribution in [-0.2, 0) is 6.54 Å². The minimum absolute atomic E-state index is 0.271. The molecule has 26 heavy (non-hydrogen) atoms. The molecule has 1 N–H and O–H groups in total. The van der Waals surface area contributed by atoms with E-state index in [1.807, 2.05) is 48.5 Å². The second-order valence-electron chi connectivity index (χ2n) is 5.67. The van der Waals surface area contributed by atoms with E-state index in [9.17, 15) is 0 Å². The summed E-state index contributed by atoms with van der Waals surface area (Å²) in [5.41, 5.74) is 1.09. The van der Waals surface area contributed by atoms with Gasteiger partial charge in [0.05, 0.1) is 6.20 Å². The van der Waals surface area contributed by atoms with Gasteiger partial charge in [0.1, 0.15) is 5.82 Å². The highest BCUT2D eigenvalue weighted by molar-refractivity contribution is 7.80. The Kier molecular flexibility index (Phi) is 4.66. The summed E-state index contributed by atoms with van der Waals surface area (Å²) in [4.78, 5) is 13.8. The molecule has 0 saturated heterocycles. The standard InChI is InChI=1S/C20H16N4OS/c26-18-8-4-2-6-15(18)12-23-19-9-10-22-20(24-19)25-17-13-21-11-14-5-1-3-7-16(14)17/h1-11,13,26H,12H2,(H,22,23,24). The number of pyridine rings is 1. The quantitative estimate of drug-likeness (QED) is 0.504. The monoisotopic (exact) mass is 360 g/mol. The molecule has 2 heterocycles. The lowest BCUT2D eigenvalue weighted by Crippen LogP contribution is -2.03. The Morgan fingerprint density at radius 3 is 2.73 bits per heavy atom. The van der Waals surface area contributed by atoms with Crippen LogP contribution in [0.15, 0.2) is 78.1 Å². The molecular weight excluding hydrogens is 344 g/mol. The SMILES string of the molecule is Sc1ccccc1CNc1ccnc(Oc2cncc3ccccc23)n1. The van der Waals surface area contributed by atoms with E-state index in [-0.39, 0.29) is 6.01 Å². The molecule has 0 spiro atoms. The Balaban J connectivity index is 1.53. The van der Waals surface area contributed by atoms with Crippen molar-refractivity contribution in [1.82, 2.24) is 15.0 Å². The molecule has 2 aromatic heterocycles. The van der Waals surface area contributed by atoms with Crippen molar-refractivity contribution in [3.8, 4) is 11.8 Å². The van der Waals surface area contributed by atoms with Crippen LogP contribution in [-0.4, -0.2) is 15.0 Å². The van der Waals surface area contributed by atoms with E-state index >= 15 is 0 Å². The molecule has 4 rings (SSSR count). The lowest BCUT2D eigenvalue weighted by atomic mass is 10.2. The van der Waals surface area contributed by atoms with E-state index in [0.29, 0.717) is 18.1 Å². The number of thiol groups is 1. The Bertz CT molecular complexity index is 1050. The summed E-state index contributed by atoms with van der Waals surface area (Å²) in [5, 5.41) is 5.24. The van der Waals surface area contributed by atoms with Crippen molar-refractivity contribution < 1.29 is 4.74 Å². The number of nitrogens with one attached hydrogen (secondary N) is 1. The number of rotatable bonds is 5.